The summed E-state index contributed by atoms with van der Waals surface area (Å²) in [6.07, 6.45) is 3.26. The lowest BCUT2D eigenvalue weighted by molar-refractivity contribution is 0.826. The van der Waals surface area contributed by atoms with Gasteiger partial charge in [0.15, 0.2) is 11.5 Å². The summed E-state index contributed by atoms with van der Waals surface area (Å²) in [7, 11) is 0. The van der Waals surface area contributed by atoms with Gasteiger partial charge in [-0.25, -0.2) is 0 Å². The van der Waals surface area contributed by atoms with Crippen LogP contribution in [-0.2, 0) is 5.88 Å². The van der Waals surface area contributed by atoms with Crippen molar-refractivity contribution in [2.45, 2.75) is 5.88 Å². The zero-order chi connectivity index (χ0) is 12.4. The van der Waals surface area contributed by atoms with Gasteiger partial charge in [-0.1, -0.05) is 12.1 Å². The molecule has 90 valence electrons. The van der Waals surface area contributed by atoms with E-state index < -0.39 is 0 Å². The van der Waals surface area contributed by atoms with Crippen molar-refractivity contribution in [3.8, 4) is 0 Å². The average molecular weight is 261 g/mol. The molecule has 0 aliphatic heterocycles. The van der Waals surface area contributed by atoms with Crippen molar-refractivity contribution < 1.29 is 0 Å². The van der Waals surface area contributed by atoms with Crippen LogP contribution < -0.4 is 5.32 Å². The maximum Gasteiger partial charge on any atom is 0.199 e. The van der Waals surface area contributed by atoms with Gasteiger partial charge < -0.3 is 5.32 Å². The molecule has 0 amide bonds. The third kappa shape index (κ3) is 1.98. The number of benzene rings is 1. The molecular weight excluding hydrogens is 252 g/mol. The Kier molecular flexibility index (Phi) is 2.77. The Morgan fingerprint density at radius 2 is 2.22 bits per heavy atom. The lowest BCUT2D eigenvalue weighted by Gasteiger charge is -2.07. The number of hydrogen-bond acceptors (Lipinski definition) is 5. The molecular formula is C11H9ClN6. The minimum absolute atomic E-state index is 0.475. The summed E-state index contributed by atoms with van der Waals surface area (Å²) in [6.45, 7) is 0. The molecule has 6 nitrogen and oxygen atoms in total. The van der Waals surface area contributed by atoms with Gasteiger partial charge in [0, 0.05) is 11.6 Å². The van der Waals surface area contributed by atoms with E-state index in [4.69, 9.17) is 11.6 Å². The van der Waals surface area contributed by atoms with Crippen LogP contribution in [0.1, 0.15) is 5.56 Å². The van der Waals surface area contributed by atoms with Crippen LogP contribution in [0.3, 0.4) is 0 Å². The summed E-state index contributed by atoms with van der Waals surface area (Å²) < 4.78 is 1.58. The molecule has 1 N–H and O–H groups in total. The summed E-state index contributed by atoms with van der Waals surface area (Å²) >= 11 is 5.80. The fourth-order valence-corrected chi connectivity index (χ4v) is 1.81. The van der Waals surface area contributed by atoms with E-state index in [2.05, 4.69) is 25.8 Å². The Morgan fingerprint density at radius 1 is 1.28 bits per heavy atom. The molecule has 0 unspecified atom stereocenters. The van der Waals surface area contributed by atoms with Gasteiger partial charge in [0.1, 0.15) is 0 Å². The number of nitrogens with one attached hydrogen (secondary N) is 1. The lowest BCUT2D eigenvalue weighted by atomic mass is 10.2. The number of aromatic nitrogens is 5. The number of fused-ring (bicyclic) bond motifs is 1. The highest BCUT2D eigenvalue weighted by molar-refractivity contribution is 6.17. The van der Waals surface area contributed by atoms with E-state index >= 15 is 0 Å². The number of hydrogen-bond donors (Lipinski definition) is 1. The number of rotatable bonds is 3. The summed E-state index contributed by atoms with van der Waals surface area (Å²) in [5, 5.41) is 14.5. The number of tetrazole rings is 1. The van der Waals surface area contributed by atoms with E-state index in [9.17, 15) is 0 Å². The molecule has 0 spiro atoms. The number of alkyl halides is 1. The van der Waals surface area contributed by atoms with E-state index in [0.29, 0.717) is 17.3 Å². The van der Waals surface area contributed by atoms with E-state index in [0.717, 1.165) is 11.3 Å². The molecule has 0 radical (unpaired) electrons. The van der Waals surface area contributed by atoms with Crippen molar-refractivity contribution in [3.63, 3.8) is 0 Å². The maximum atomic E-state index is 5.80. The predicted octanol–water partition coefficient (Wildman–Crippen LogP) is 2.00. The Morgan fingerprint density at radius 3 is 3.11 bits per heavy atom. The molecule has 0 fully saturated rings. The highest BCUT2D eigenvalue weighted by Gasteiger charge is 2.04. The van der Waals surface area contributed by atoms with Crippen LogP contribution in [-0.4, -0.2) is 25.0 Å². The van der Waals surface area contributed by atoms with E-state index in [1.165, 1.54) is 0 Å². The van der Waals surface area contributed by atoms with Crippen LogP contribution in [0.5, 0.6) is 0 Å². The molecule has 18 heavy (non-hydrogen) atoms. The summed E-state index contributed by atoms with van der Waals surface area (Å²) in [5.74, 6) is 1.17. The van der Waals surface area contributed by atoms with Gasteiger partial charge in [0.05, 0.1) is 12.4 Å². The van der Waals surface area contributed by atoms with Gasteiger partial charge in [-0.3, -0.25) is 4.98 Å². The van der Waals surface area contributed by atoms with Gasteiger partial charge in [0.2, 0.25) is 0 Å². The van der Waals surface area contributed by atoms with Crippen LogP contribution in [0.4, 0.5) is 11.5 Å². The van der Waals surface area contributed by atoms with Gasteiger partial charge in [-0.2, -0.15) is 4.52 Å². The van der Waals surface area contributed by atoms with Crippen molar-refractivity contribution in [1.82, 2.24) is 25.0 Å². The van der Waals surface area contributed by atoms with E-state index in [1.54, 1.807) is 16.9 Å². The third-order valence-corrected chi connectivity index (χ3v) is 2.77. The molecule has 0 saturated heterocycles. The fourth-order valence-electron chi connectivity index (χ4n) is 1.64. The predicted molar refractivity (Wildman–Crippen MR) is 67.9 cm³/mol. The minimum atomic E-state index is 0.475. The first-order valence-corrected chi connectivity index (χ1v) is 5.84. The monoisotopic (exact) mass is 260 g/mol. The van der Waals surface area contributed by atoms with Crippen molar-refractivity contribution >= 4 is 28.8 Å². The molecule has 7 heteroatoms. The molecule has 0 saturated carbocycles. The zero-order valence-corrected chi connectivity index (χ0v) is 10.0. The Balaban J connectivity index is 1.98. The first-order chi connectivity index (χ1) is 8.86. The molecule has 1 aromatic carbocycles. The van der Waals surface area contributed by atoms with E-state index in [-0.39, 0.29) is 0 Å². The summed E-state index contributed by atoms with van der Waals surface area (Å²) in [4.78, 5) is 4.07. The molecule has 2 aromatic heterocycles. The summed E-state index contributed by atoms with van der Waals surface area (Å²) in [6, 6.07) is 7.82. The largest absolute Gasteiger partial charge is 0.339 e. The van der Waals surface area contributed by atoms with Crippen molar-refractivity contribution in [2.75, 3.05) is 5.32 Å². The van der Waals surface area contributed by atoms with Crippen molar-refractivity contribution in [1.29, 1.82) is 0 Å². The molecule has 0 atom stereocenters. The van der Waals surface area contributed by atoms with Crippen molar-refractivity contribution in [3.05, 3.63) is 42.2 Å². The van der Waals surface area contributed by atoms with Gasteiger partial charge in [-0.05, 0) is 28.1 Å². The second kappa shape index (κ2) is 4.58. The first kappa shape index (κ1) is 10.9. The normalized spacial score (nSPS) is 10.7. The SMILES string of the molecule is ClCc1cccc(Nc2cncc3nnnn23)c1. The number of nitrogens with zero attached hydrogens (tertiary/aromatic N) is 5. The molecule has 3 rings (SSSR count). The standard InChI is InChI=1S/C11H9ClN6/c12-5-8-2-1-3-9(4-8)14-10-6-13-7-11-15-16-17-18(10)11/h1-4,6-7,14H,5H2. The fraction of sp³-hybridized carbons (Fsp3) is 0.0909. The number of halogens is 1. The van der Waals surface area contributed by atoms with Crippen LogP contribution in [0.25, 0.3) is 5.65 Å². The third-order valence-electron chi connectivity index (χ3n) is 2.46. The van der Waals surface area contributed by atoms with Gasteiger partial charge in [0.25, 0.3) is 0 Å². The average Bonchev–Trinajstić information content (AvgIpc) is 2.88. The smallest absolute Gasteiger partial charge is 0.199 e. The topological polar surface area (TPSA) is 68.0 Å². The van der Waals surface area contributed by atoms with E-state index in [1.807, 2.05) is 24.3 Å². The van der Waals surface area contributed by atoms with Crippen LogP contribution in [0.15, 0.2) is 36.7 Å². The highest BCUT2D eigenvalue weighted by Crippen LogP contribution is 2.17. The minimum Gasteiger partial charge on any atom is -0.339 e. The highest BCUT2D eigenvalue weighted by atomic mass is 35.5. The lowest BCUT2D eigenvalue weighted by Crippen LogP contribution is -2.01. The van der Waals surface area contributed by atoms with Gasteiger partial charge >= 0.3 is 0 Å². The maximum absolute atomic E-state index is 5.80. The Bertz CT molecular complexity index is 680. The van der Waals surface area contributed by atoms with Crippen LogP contribution in [0, 0.1) is 0 Å². The quantitative estimate of drug-likeness (QED) is 0.730. The van der Waals surface area contributed by atoms with Gasteiger partial charge in [-0.15, -0.1) is 16.7 Å². The molecule has 3 aromatic rings. The first-order valence-electron chi connectivity index (χ1n) is 5.31. The van der Waals surface area contributed by atoms with Crippen molar-refractivity contribution in [2.24, 2.45) is 0 Å². The second-order valence-corrected chi connectivity index (χ2v) is 3.97. The number of anilines is 2. The second-order valence-electron chi connectivity index (χ2n) is 3.70. The molecule has 0 aliphatic rings. The zero-order valence-electron chi connectivity index (χ0n) is 9.29. The van der Waals surface area contributed by atoms with Crippen LogP contribution in [0.2, 0.25) is 0 Å². The molecule has 2 heterocycles. The molecule has 0 bridgehead atoms. The van der Waals surface area contributed by atoms with Crippen LogP contribution >= 0.6 is 11.6 Å². The Labute approximate surface area is 108 Å². The molecule has 0 aliphatic carbocycles. The summed E-state index contributed by atoms with van der Waals surface area (Å²) in [5.41, 5.74) is 2.55. The Hall–Kier alpha value is -2.21.